The molecular formula is C22H20N4O2. The number of nitrogens with zero attached hydrogens (tertiary/aromatic N) is 3. The molecule has 0 spiro atoms. The fraction of sp³-hybridized carbons (Fsp3) is 0.227. The molecule has 0 saturated carbocycles. The maximum atomic E-state index is 10.1. The summed E-state index contributed by atoms with van der Waals surface area (Å²) in [5.41, 5.74) is 5.88. The third-order valence-electron chi connectivity index (χ3n) is 5.05. The molecule has 3 heterocycles. The number of H-pyrrole nitrogens is 1. The van der Waals surface area contributed by atoms with Gasteiger partial charge in [0.15, 0.2) is 5.76 Å². The van der Waals surface area contributed by atoms with Gasteiger partial charge < -0.3 is 14.6 Å². The number of aromatic amines is 1. The van der Waals surface area contributed by atoms with Crippen molar-refractivity contribution in [1.82, 2.24) is 15.1 Å². The Morgan fingerprint density at radius 3 is 2.82 bits per heavy atom. The van der Waals surface area contributed by atoms with Crippen molar-refractivity contribution in [3.05, 3.63) is 54.4 Å². The zero-order valence-corrected chi connectivity index (χ0v) is 15.7. The molecule has 4 aromatic rings. The largest absolute Gasteiger partial charge is 0.390 e. The van der Waals surface area contributed by atoms with Crippen LogP contribution in [0.1, 0.15) is 31.7 Å². The lowest BCUT2D eigenvalue weighted by Crippen LogP contribution is -2.22. The number of hydrogen-bond donors (Lipinski definition) is 2. The van der Waals surface area contributed by atoms with Crippen LogP contribution in [0.5, 0.6) is 0 Å². The molecule has 1 atom stereocenters. The van der Waals surface area contributed by atoms with Gasteiger partial charge in [0.05, 0.1) is 28.6 Å². The SMILES string of the molecule is CC(C)(O)CC1C=Nc2cc(-c3cc(-c4ccc5nc[nH]c5c4)no3)ccc21. The molecule has 1 unspecified atom stereocenters. The van der Waals surface area contributed by atoms with E-state index in [4.69, 9.17) is 4.52 Å². The van der Waals surface area contributed by atoms with E-state index in [1.54, 1.807) is 6.33 Å². The maximum absolute atomic E-state index is 10.1. The van der Waals surface area contributed by atoms with Gasteiger partial charge in [0.2, 0.25) is 0 Å². The second-order valence-electron chi connectivity index (χ2n) is 7.89. The molecule has 0 aliphatic carbocycles. The highest BCUT2D eigenvalue weighted by atomic mass is 16.5. The van der Waals surface area contributed by atoms with Gasteiger partial charge in [-0.3, -0.25) is 4.99 Å². The average Bonchev–Trinajstić information content (AvgIpc) is 3.39. The summed E-state index contributed by atoms with van der Waals surface area (Å²) < 4.78 is 5.60. The fourth-order valence-corrected chi connectivity index (χ4v) is 3.72. The normalized spacial score (nSPS) is 16.0. The van der Waals surface area contributed by atoms with Gasteiger partial charge in [0.1, 0.15) is 5.69 Å². The molecule has 28 heavy (non-hydrogen) atoms. The minimum absolute atomic E-state index is 0.135. The first kappa shape index (κ1) is 16.9. The van der Waals surface area contributed by atoms with E-state index in [0.29, 0.717) is 12.2 Å². The summed E-state index contributed by atoms with van der Waals surface area (Å²) in [6, 6.07) is 14.0. The van der Waals surface area contributed by atoms with Gasteiger partial charge >= 0.3 is 0 Å². The third kappa shape index (κ3) is 3.01. The monoisotopic (exact) mass is 372 g/mol. The van der Waals surface area contributed by atoms with Crippen LogP contribution >= 0.6 is 0 Å². The summed E-state index contributed by atoms with van der Waals surface area (Å²) >= 11 is 0. The predicted octanol–water partition coefficient (Wildman–Crippen LogP) is 4.85. The quantitative estimate of drug-likeness (QED) is 0.536. The highest BCUT2D eigenvalue weighted by molar-refractivity contribution is 5.84. The molecule has 2 N–H and O–H groups in total. The number of hydrogen-bond acceptors (Lipinski definition) is 5. The van der Waals surface area contributed by atoms with Crippen molar-refractivity contribution in [2.75, 3.05) is 0 Å². The first-order valence-corrected chi connectivity index (χ1v) is 9.27. The van der Waals surface area contributed by atoms with Gasteiger partial charge in [-0.15, -0.1) is 0 Å². The van der Waals surface area contributed by atoms with Crippen molar-refractivity contribution in [1.29, 1.82) is 0 Å². The number of aliphatic hydroxyl groups is 1. The lowest BCUT2D eigenvalue weighted by atomic mass is 9.89. The molecule has 0 saturated heterocycles. The summed E-state index contributed by atoms with van der Waals surface area (Å²) in [6.07, 6.45) is 4.24. The van der Waals surface area contributed by atoms with Crippen molar-refractivity contribution in [2.24, 2.45) is 4.99 Å². The number of imidazole rings is 1. The number of aromatic nitrogens is 3. The molecule has 2 aromatic carbocycles. The van der Waals surface area contributed by atoms with Crippen LogP contribution in [0.25, 0.3) is 33.6 Å². The second-order valence-corrected chi connectivity index (χ2v) is 7.89. The van der Waals surface area contributed by atoms with Crippen molar-refractivity contribution in [3.8, 4) is 22.6 Å². The summed E-state index contributed by atoms with van der Waals surface area (Å²) in [5, 5.41) is 14.3. The first-order chi connectivity index (χ1) is 13.5. The molecule has 0 radical (unpaired) electrons. The van der Waals surface area contributed by atoms with Crippen LogP contribution < -0.4 is 0 Å². The van der Waals surface area contributed by atoms with Crippen molar-refractivity contribution >= 4 is 22.9 Å². The van der Waals surface area contributed by atoms with Crippen LogP contribution in [0.15, 0.2) is 58.3 Å². The molecule has 140 valence electrons. The van der Waals surface area contributed by atoms with Gasteiger partial charge in [0.25, 0.3) is 0 Å². The Balaban J connectivity index is 1.44. The van der Waals surface area contributed by atoms with Crippen LogP contribution in [0.2, 0.25) is 0 Å². The van der Waals surface area contributed by atoms with Crippen LogP contribution in [-0.2, 0) is 0 Å². The van der Waals surface area contributed by atoms with Gasteiger partial charge in [-0.25, -0.2) is 4.98 Å². The van der Waals surface area contributed by atoms with E-state index < -0.39 is 5.60 Å². The zero-order chi connectivity index (χ0) is 19.3. The van der Waals surface area contributed by atoms with Gasteiger partial charge in [-0.1, -0.05) is 23.4 Å². The van der Waals surface area contributed by atoms with Crippen LogP contribution in [-0.4, -0.2) is 32.0 Å². The van der Waals surface area contributed by atoms with E-state index in [-0.39, 0.29) is 5.92 Å². The minimum Gasteiger partial charge on any atom is -0.390 e. The zero-order valence-electron chi connectivity index (χ0n) is 15.7. The Hall–Kier alpha value is -3.25. The lowest BCUT2D eigenvalue weighted by Gasteiger charge is -2.20. The molecule has 1 aliphatic heterocycles. The Labute approximate surface area is 161 Å². The van der Waals surface area contributed by atoms with Crippen molar-refractivity contribution < 1.29 is 9.63 Å². The van der Waals surface area contributed by atoms with Gasteiger partial charge in [-0.05, 0) is 44.0 Å². The Morgan fingerprint density at radius 1 is 1.11 bits per heavy atom. The second kappa shape index (κ2) is 6.14. The van der Waals surface area contributed by atoms with Crippen LogP contribution in [0, 0.1) is 0 Å². The Morgan fingerprint density at radius 2 is 1.96 bits per heavy atom. The maximum Gasteiger partial charge on any atom is 0.167 e. The smallest absolute Gasteiger partial charge is 0.167 e. The Kier molecular flexibility index (Phi) is 3.70. The number of nitrogens with one attached hydrogen (secondary N) is 1. The highest BCUT2D eigenvalue weighted by Gasteiger charge is 2.26. The van der Waals surface area contributed by atoms with Gasteiger partial charge in [0, 0.05) is 29.3 Å². The van der Waals surface area contributed by atoms with Crippen LogP contribution in [0.3, 0.4) is 0 Å². The third-order valence-corrected chi connectivity index (χ3v) is 5.05. The number of rotatable bonds is 4. The summed E-state index contributed by atoms with van der Waals surface area (Å²) in [7, 11) is 0. The average molecular weight is 372 g/mol. The van der Waals surface area contributed by atoms with E-state index in [2.05, 4.69) is 26.2 Å². The molecule has 1 aliphatic rings. The van der Waals surface area contributed by atoms with E-state index >= 15 is 0 Å². The molecule has 2 aromatic heterocycles. The van der Waals surface area contributed by atoms with E-state index in [0.717, 1.165) is 39.1 Å². The number of benzene rings is 2. The van der Waals surface area contributed by atoms with Crippen molar-refractivity contribution in [3.63, 3.8) is 0 Å². The van der Waals surface area contributed by atoms with E-state index in [1.165, 1.54) is 0 Å². The number of aliphatic imine (C=N–C) groups is 1. The molecule has 0 amide bonds. The van der Waals surface area contributed by atoms with E-state index in [9.17, 15) is 5.11 Å². The summed E-state index contributed by atoms with van der Waals surface area (Å²) in [4.78, 5) is 11.9. The van der Waals surface area contributed by atoms with Crippen LogP contribution in [0.4, 0.5) is 5.69 Å². The highest BCUT2D eigenvalue weighted by Crippen LogP contribution is 2.39. The molecule has 5 rings (SSSR count). The topological polar surface area (TPSA) is 87.3 Å². The lowest BCUT2D eigenvalue weighted by molar-refractivity contribution is 0.0694. The number of fused-ring (bicyclic) bond motifs is 2. The fourth-order valence-electron chi connectivity index (χ4n) is 3.72. The van der Waals surface area contributed by atoms with E-state index in [1.807, 2.05) is 56.5 Å². The molecular weight excluding hydrogens is 352 g/mol. The standard InChI is InChI=1S/C22H20N4O2/c1-22(2,27)10-15-11-23-19-8-14(3-5-16(15)19)21-9-18(26-28-21)13-4-6-17-20(7-13)25-12-24-17/h3-9,11-12,15,27H,10H2,1-2H3,(H,24,25). The summed E-state index contributed by atoms with van der Waals surface area (Å²) in [6.45, 7) is 3.65. The molecule has 0 fully saturated rings. The predicted molar refractivity (Wildman–Crippen MR) is 109 cm³/mol. The van der Waals surface area contributed by atoms with Gasteiger partial charge in [-0.2, -0.15) is 0 Å². The minimum atomic E-state index is -0.730. The molecule has 6 nitrogen and oxygen atoms in total. The van der Waals surface area contributed by atoms with Crippen molar-refractivity contribution in [2.45, 2.75) is 31.8 Å². The molecule has 0 bridgehead atoms. The summed E-state index contributed by atoms with van der Waals surface area (Å²) in [5.74, 6) is 0.833. The first-order valence-electron chi connectivity index (χ1n) is 9.27. The molecule has 6 heteroatoms. The Bertz CT molecular complexity index is 1200.